The van der Waals surface area contributed by atoms with Crippen LogP contribution in [0.5, 0.6) is 0 Å². The van der Waals surface area contributed by atoms with E-state index < -0.39 is 0 Å². The van der Waals surface area contributed by atoms with Crippen molar-refractivity contribution < 1.29 is 0 Å². The molecule has 0 atom stereocenters. The second-order valence-electron chi connectivity index (χ2n) is 2.51. The minimum atomic E-state index is 0.491. The maximum Gasteiger partial charge on any atom is 0.161 e. The van der Waals surface area contributed by atoms with Gasteiger partial charge in [-0.15, -0.1) is 0 Å². The molecule has 2 aromatic rings. The van der Waals surface area contributed by atoms with E-state index in [4.69, 9.17) is 5.73 Å². The zero-order valence-corrected chi connectivity index (χ0v) is 6.70. The van der Waals surface area contributed by atoms with Gasteiger partial charge < -0.3 is 5.73 Å². The quantitative estimate of drug-likeness (QED) is 0.641. The van der Waals surface area contributed by atoms with Crippen LogP contribution in [0.2, 0.25) is 0 Å². The molecular weight excluding hydrogens is 154 g/mol. The number of fused-ring (bicyclic) bond motifs is 1. The minimum absolute atomic E-state index is 0.491. The lowest BCUT2D eigenvalue weighted by Crippen LogP contribution is -1.98. The van der Waals surface area contributed by atoms with Crippen LogP contribution in [0, 0.1) is 0 Å². The number of aryl methyl sites for hydroxylation is 1. The van der Waals surface area contributed by atoms with Crippen molar-refractivity contribution in [2.24, 2.45) is 0 Å². The molecule has 0 amide bonds. The first-order valence-electron chi connectivity index (χ1n) is 3.76. The third-order valence-electron chi connectivity index (χ3n) is 1.70. The second kappa shape index (κ2) is 2.44. The molecule has 3 N–H and O–H groups in total. The highest BCUT2D eigenvalue weighted by Gasteiger charge is 2.04. The average Bonchev–Trinajstić information content (AvgIpc) is 2.52. The number of aromatic amines is 1. The SMILES string of the molecule is CCc1nc(N)c2cn[nH]c2n1. The smallest absolute Gasteiger partial charge is 0.161 e. The van der Waals surface area contributed by atoms with Crippen molar-refractivity contribution >= 4 is 16.9 Å². The van der Waals surface area contributed by atoms with Crippen molar-refractivity contribution in [1.82, 2.24) is 20.2 Å². The molecule has 0 saturated carbocycles. The van der Waals surface area contributed by atoms with Crippen molar-refractivity contribution in [3.05, 3.63) is 12.0 Å². The average molecular weight is 163 g/mol. The van der Waals surface area contributed by atoms with E-state index in [1.807, 2.05) is 6.92 Å². The van der Waals surface area contributed by atoms with Gasteiger partial charge in [-0.1, -0.05) is 6.92 Å². The van der Waals surface area contributed by atoms with Crippen molar-refractivity contribution in [2.75, 3.05) is 5.73 Å². The number of aromatic nitrogens is 4. The van der Waals surface area contributed by atoms with E-state index in [0.717, 1.165) is 17.6 Å². The highest BCUT2D eigenvalue weighted by molar-refractivity contribution is 5.84. The normalized spacial score (nSPS) is 10.8. The summed E-state index contributed by atoms with van der Waals surface area (Å²) < 4.78 is 0. The molecule has 0 fully saturated rings. The number of nitrogens with zero attached hydrogens (tertiary/aromatic N) is 3. The lowest BCUT2D eigenvalue weighted by molar-refractivity contribution is 0.954. The molecule has 62 valence electrons. The van der Waals surface area contributed by atoms with E-state index in [9.17, 15) is 0 Å². The maximum atomic E-state index is 5.67. The molecule has 0 saturated heterocycles. The van der Waals surface area contributed by atoms with Gasteiger partial charge in [0.25, 0.3) is 0 Å². The summed E-state index contributed by atoms with van der Waals surface area (Å²) >= 11 is 0. The zero-order valence-electron chi connectivity index (χ0n) is 6.70. The summed E-state index contributed by atoms with van der Waals surface area (Å²) in [6.07, 6.45) is 2.41. The Hall–Kier alpha value is -1.65. The van der Waals surface area contributed by atoms with Crippen LogP contribution in [0.1, 0.15) is 12.7 Å². The highest BCUT2D eigenvalue weighted by Crippen LogP contribution is 2.14. The molecule has 5 nitrogen and oxygen atoms in total. The summed E-state index contributed by atoms with van der Waals surface area (Å²) in [6.45, 7) is 1.98. The van der Waals surface area contributed by atoms with Crippen LogP contribution >= 0.6 is 0 Å². The fraction of sp³-hybridized carbons (Fsp3) is 0.286. The molecular formula is C7H9N5. The van der Waals surface area contributed by atoms with Crippen LogP contribution in [-0.4, -0.2) is 20.2 Å². The van der Waals surface area contributed by atoms with Crippen LogP contribution in [0.3, 0.4) is 0 Å². The van der Waals surface area contributed by atoms with Crippen molar-refractivity contribution in [3.63, 3.8) is 0 Å². The van der Waals surface area contributed by atoms with Crippen LogP contribution in [0.25, 0.3) is 11.0 Å². The Morgan fingerprint density at radius 3 is 3.08 bits per heavy atom. The number of anilines is 1. The molecule has 0 radical (unpaired) electrons. The van der Waals surface area contributed by atoms with Gasteiger partial charge in [0.05, 0.1) is 11.6 Å². The van der Waals surface area contributed by atoms with Crippen molar-refractivity contribution in [3.8, 4) is 0 Å². The molecule has 0 unspecified atom stereocenters. The molecule has 0 bridgehead atoms. The van der Waals surface area contributed by atoms with Crippen molar-refractivity contribution in [1.29, 1.82) is 0 Å². The zero-order chi connectivity index (χ0) is 8.55. The molecule has 0 aliphatic carbocycles. The van der Waals surface area contributed by atoms with Gasteiger partial charge in [-0.25, -0.2) is 9.97 Å². The molecule has 0 aliphatic rings. The van der Waals surface area contributed by atoms with Gasteiger partial charge in [0.2, 0.25) is 0 Å². The number of nitrogens with two attached hydrogens (primary N) is 1. The Balaban J connectivity index is 2.75. The molecule has 0 spiro atoms. The summed E-state index contributed by atoms with van der Waals surface area (Å²) in [4.78, 5) is 8.30. The number of nitrogen functional groups attached to an aromatic ring is 1. The third kappa shape index (κ3) is 0.903. The Labute approximate surface area is 69.0 Å². The first-order chi connectivity index (χ1) is 5.81. The van der Waals surface area contributed by atoms with E-state index in [0.29, 0.717) is 11.5 Å². The Kier molecular flexibility index (Phi) is 1.43. The van der Waals surface area contributed by atoms with Gasteiger partial charge in [-0.05, 0) is 0 Å². The van der Waals surface area contributed by atoms with E-state index in [1.165, 1.54) is 0 Å². The number of hydrogen-bond donors (Lipinski definition) is 2. The van der Waals surface area contributed by atoms with Gasteiger partial charge in [0.15, 0.2) is 5.65 Å². The van der Waals surface area contributed by atoms with Gasteiger partial charge in [0.1, 0.15) is 11.6 Å². The molecule has 5 heteroatoms. The molecule has 2 aromatic heterocycles. The Morgan fingerprint density at radius 2 is 2.33 bits per heavy atom. The number of H-pyrrole nitrogens is 1. The monoisotopic (exact) mass is 163 g/mol. The van der Waals surface area contributed by atoms with Gasteiger partial charge in [-0.2, -0.15) is 5.10 Å². The summed E-state index contributed by atoms with van der Waals surface area (Å²) in [5.74, 6) is 1.23. The lowest BCUT2D eigenvalue weighted by atomic mass is 10.3. The van der Waals surface area contributed by atoms with E-state index >= 15 is 0 Å². The van der Waals surface area contributed by atoms with Gasteiger partial charge in [-0.3, -0.25) is 5.10 Å². The van der Waals surface area contributed by atoms with Crippen LogP contribution in [0.4, 0.5) is 5.82 Å². The second-order valence-corrected chi connectivity index (χ2v) is 2.51. The van der Waals surface area contributed by atoms with Crippen LogP contribution < -0.4 is 5.73 Å². The van der Waals surface area contributed by atoms with E-state index in [1.54, 1.807) is 6.20 Å². The first kappa shape index (κ1) is 7.02. The van der Waals surface area contributed by atoms with Crippen LogP contribution in [-0.2, 0) is 6.42 Å². The van der Waals surface area contributed by atoms with Crippen LogP contribution in [0.15, 0.2) is 6.20 Å². The molecule has 12 heavy (non-hydrogen) atoms. The van der Waals surface area contributed by atoms with E-state index in [2.05, 4.69) is 20.2 Å². The van der Waals surface area contributed by atoms with E-state index in [-0.39, 0.29) is 0 Å². The number of nitrogens with one attached hydrogen (secondary N) is 1. The summed E-state index contributed by atoms with van der Waals surface area (Å²) in [5, 5.41) is 7.37. The standard InChI is InChI=1S/C7H9N5/c1-2-5-10-6(8)4-3-9-12-7(4)11-5/h3H,2H2,1H3,(H3,8,9,10,11,12). The fourth-order valence-corrected chi connectivity index (χ4v) is 1.06. The highest BCUT2D eigenvalue weighted by atomic mass is 15.2. The Bertz CT molecular complexity index is 405. The molecule has 2 rings (SSSR count). The third-order valence-corrected chi connectivity index (χ3v) is 1.70. The topological polar surface area (TPSA) is 80.5 Å². The van der Waals surface area contributed by atoms with Crippen molar-refractivity contribution in [2.45, 2.75) is 13.3 Å². The largest absolute Gasteiger partial charge is 0.383 e. The summed E-state index contributed by atoms with van der Waals surface area (Å²) in [6, 6.07) is 0. The predicted molar refractivity (Wildman–Crippen MR) is 45.5 cm³/mol. The number of rotatable bonds is 1. The minimum Gasteiger partial charge on any atom is -0.383 e. The number of hydrogen-bond acceptors (Lipinski definition) is 4. The Morgan fingerprint density at radius 1 is 1.50 bits per heavy atom. The van der Waals surface area contributed by atoms with Gasteiger partial charge >= 0.3 is 0 Å². The predicted octanol–water partition coefficient (Wildman–Crippen LogP) is 0.497. The fourth-order valence-electron chi connectivity index (χ4n) is 1.06. The lowest BCUT2D eigenvalue weighted by Gasteiger charge is -1.97. The summed E-state index contributed by atoms with van der Waals surface area (Å²) in [5.41, 5.74) is 6.37. The summed E-state index contributed by atoms with van der Waals surface area (Å²) in [7, 11) is 0. The van der Waals surface area contributed by atoms with Gasteiger partial charge in [0, 0.05) is 6.42 Å². The maximum absolute atomic E-state index is 5.67. The molecule has 0 aromatic carbocycles. The molecule has 2 heterocycles. The first-order valence-corrected chi connectivity index (χ1v) is 3.76. The molecule has 0 aliphatic heterocycles.